The van der Waals surface area contributed by atoms with E-state index in [1.54, 1.807) is 0 Å². The van der Waals surface area contributed by atoms with Gasteiger partial charge in [0.25, 0.3) is 0 Å². The molecule has 0 aliphatic carbocycles. The van der Waals surface area contributed by atoms with Gasteiger partial charge in [0.1, 0.15) is 0 Å². The molecular formula is C28H24N2. The van der Waals surface area contributed by atoms with Gasteiger partial charge in [-0.2, -0.15) is 0 Å². The van der Waals surface area contributed by atoms with E-state index in [0.29, 0.717) is 0 Å². The lowest BCUT2D eigenvalue weighted by atomic mass is 9.97. The molecule has 0 saturated carbocycles. The van der Waals surface area contributed by atoms with Crippen LogP contribution in [0.25, 0.3) is 54.7 Å². The Morgan fingerprint density at radius 2 is 1.07 bits per heavy atom. The monoisotopic (exact) mass is 388 g/mol. The summed E-state index contributed by atoms with van der Waals surface area (Å²) in [5, 5.41) is 5.36. The van der Waals surface area contributed by atoms with Crippen LogP contribution in [0.4, 0.5) is 0 Å². The van der Waals surface area contributed by atoms with Gasteiger partial charge < -0.3 is 9.13 Å². The Kier molecular flexibility index (Phi) is 3.76. The Morgan fingerprint density at radius 3 is 1.83 bits per heavy atom. The molecule has 0 aliphatic heterocycles. The van der Waals surface area contributed by atoms with Gasteiger partial charge in [0.05, 0.1) is 5.52 Å². The molecule has 0 saturated heterocycles. The number of benzene rings is 4. The molecule has 2 heterocycles. The van der Waals surface area contributed by atoms with E-state index < -0.39 is 0 Å². The summed E-state index contributed by atoms with van der Waals surface area (Å²) >= 11 is 0. The van der Waals surface area contributed by atoms with Gasteiger partial charge in [-0.15, -0.1) is 0 Å². The Bertz CT molecular complexity index is 1560. The number of fused-ring (bicyclic) bond motifs is 6. The van der Waals surface area contributed by atoms with Crippen LogP contribution in [0.5, 0.6) is 0 Å². The minimum Gasteiger partial charge on any atom is -0.341 e. The standard InChI is InChI=1S/C28H24N2/c1-3-29-25-17-8-6-12-23(25)27-20(13-10-18-26(27)29)22-15-9-14-21-19-11-5-7-16-24(19)30(4-2)28(21)22/h5-18H,3-4H2,1-2H3. The zero-order valence-electron chi connectivity index (χ0n) is 17.4. The topological polar surface area (TPSA) is 9.86 Å². The van der Waals surface area contributed by atoms with E-state index in [0.717, 1.165) is 13.1 Å². The fourth-order valence-corrected chi connectivity index (χ4v) is 5.32. The third kappa shape index (κ3) is 2.19. The fraction of sp³-hybridized carbons (Fsp3) is 0.143. The third-order valence-electron chi connectivity index (χ3n) is 6.51. The summed E-state index contributed by atoms with van der Waals surface area (Å²) in [4.78, 5) is 0. The molecule has 0 unspecified atom stereocenters. The molecule has 2 nitrogen and oxygen atoms in total. The molecule has 0 atom stereocenters. The highest BCUT2D eigenvalue weighted by Crippen LogP contribution is 2.41. The molecule has 6 rings (SSSR count). The van der Waals surface area contributed by atoms with Gasteiger partial charge >= 0.3 is 0 Å². The van der Waals surface area contributed by atoms with Crippen LogP contribution in [-0.4, -0.2) is 9.13 Å². The summed E-state index contributed by atoms with van der Waals surface area (Å²) in [6.07, 6.45) is 0. The number of aryl methyl sites for hydroxylation is 2. The summed E-state index contributed by atoms with van der Waals surface area (Å²) in [6.45, 7) is 6.39. The molecular weight excluding hydrogens is 364 g/mol. The summed E-state index contributed by atoms with van der Waals surface area (Å²) in [5.74, 6) is 0. The zero-order chi connectivity index (χ0) is 20.2. The van der Waals surface area contributed by atoms with Crippen molar-refractivity contribution < 1.29 is 0 Å². The number of para-hydroxylation sites is 3. The summed E-state index contributed by atoms with van der Waals surface area (Å²) < 4.78 is 4.90. The summed E-state index contributed by atoms with van der Waals surface area (Å²) in [7, 11) is 0. The fourth-order valence-electron chi connectivity index (χ4n) is 5.32. The van der Waals surface area contributed by atoms with Crippen LogP contribution in [-0.2, 0) is 13.1 Å². The molecule has 30 heavy (non-hydrogen) atoms. The third-order valence-corrected chi connectivity index (χ3v) is 6.51. The van der Waals surface area contributed by atoms with E-state index in [9.17, 15) is 0 Å². The summed E-state index contributed by atoms with van der Waals surface area (Å²) in [6, 6.07) is 31.1. The number of aromatic nitrogens is 2. The first-order valence-corrected chi connectivity index (χ1v) is 10.8. The number of rotatable bonds is 3. The van der Waals surface area contributed by atoms with Crippen molar-refractivity contribution in [1.82, 2.24) is 9.13 Å². The van der Waals surface area contributed by atoms with Gasteiger partial charge in [-0.1, -0.05) is 66.7 Å². The SMILES string of the molecule is CCn1c2ccccc2c2c(-c3cccc4c5ccccc5n(CC)c34)cccc21. The second-order valence-corrected chi connectivity index (χ2v) is 7.92. The van der Waals surface area contributed by atoms with Crippen molar-refractivity contribution in [2.75, 3.05) is 0 Å². The van der Waals surface area contributed by atoms with Crippen LogP contribution in [0, 0.1) is 0 Å². The smallest absolute Gasteiger partial charge is 0.0571 e. The molecule has 0 radical (unpaired) electrons. The minimum atomic E-state index is 0.952. The summed E-state index contributed by atoms with van der Waals surface area (Å²) in [5.41, 5.74) is 7.90. The number of nitrogens with zero attached hydrogens (tertiary/aromatic N) is 2. The normalized spacial score (nSPS) is 11.9. The molecule has 0 bridgehead atoms. The Balaban J connectivity index is 1.82. The first-order valence-electron chi connectivity index (χ1n) is 10.8. The molecule has 2 heteroatoms. The Morgan fingerprint density at radius 1 is 0.500 bits per heavy atom. The highest BCUT2D eigenvalue weighted by Gasteiger charge is 2.18. The van der Waals surface area contributed by atoms with Crippen molar-refractivity contribution in [1.29, 1.82) is 0 Å². The van der Waals surface area contributed by atoms with E-state index in [1.807, 2.05) is 0 Å². The van der Waals surface area contributed by atoms with Crippen molar-refractivity contribution in [2.24, 2.45) is 0 Å². The lowest BCUT2D eigenvalue weighted by Gasteiger charge is -2.11. The molecule has 146 valence electrons. The van der Waals surface area contributed by atoms with E-state index >= 15 is 0 Å². The van der Waals surface area contributed by atoms with Crippen LogP contribution >= 0.6 is 0 Å². The van der Waals surface area contributed by atoms with Crippen LogP contribution in [0.2, 0.25) is 0 Å². The van der Waals surface area contributed by atoms with Crippen molar-refractivity contribution in [3.8, 4) is 11.1 Å². The van der Waals surface area contributed by atoms with Gasteiger partial charge in [-0.3, -0.25) is 0 Å². The molecule has 0 spiro atoms. The minimum absolute atomic E-state index is 0.952. The Hall–Kier alpha value is -3.52. The maximum absolute atomic E-state index is 2.47. The molecule has 4 aromatic carbocycles. The predicted octanol–water partition coefficient (Wildman–Crippen LogP) is 7.61. The molecule has 0 aliphatic rings. The molecule has 0 fully saturated rings. The maximum atomic E-state index is 2.47. The average Bonchev–Trinajstić information content (AvgIpc) is 3.31. The maximum Gasteiger partial charge on any atom is 0.0571 e. The van der Waals surface area contributed by atoms with E-state index in [-0.39, 0.29) is 0 Å². The van der Waals surface area contributed by atoms with Crippen molar-refractivity contribution in [3.05, 3.63) is 84.9 Å². The van der Waals surface area contributed by atoms with E-state index in [2.05, 4.69) is 108 Å². The van der Waals surface area contributed by atoms with Gasteiger partial charge in [-0.25, -0.2) is 0 Å². The van der Waals surface area contributed by atoms with Gasteiger partial charge in [0.2, 0.25) is 0 Å². The second-order valence-electron chi connectivity index (χ2n) is 7.92. The van der Waals surface area contributed by atoms with Crippen LogP contribution < -0.4 is 0 Å². The van der Waals surface area contributed by atoms with Crippen LogP contribution in [0.3, 0.4) is 0 Å². The van der Waals surface area contributed by atoms with Gasteiger partial charge in [0.15, 0.2) is 0 Å². The number of hydrogen-bond donors (Lipinski definition) is 0. The largest absolute Gasteiger partial charge is 0.341 e. The zero-order valence-corrected chi connectivity index (χ0v) is 17.4. The quantitative estimate of drug-likeness (QED) is 0.295. The lowest BCUT2D eigenvalue weighted by Crippen LogP contribution is -1.95. The molecule has 0 amide bonds. The molecule has 6 aromatic rings. The average molecular weight is 389 g/mol. The first kappa shape index (κ1) is 17.3. The van der Waals surface area contributed by atoms with Crippen molar-refractivity contribution in [3.63, 3.8) is 0 Å². The first-order chi connectivity index (χ1) is 14.8. The van der Waals surface area contributed by atoms with Gasteiger partial charge in [0, 0.05) is 56.7 Å². The Labute approximate surface area is 176 Å². The van der Waals surface area contributed by atoms with E-state index in [4.69, 9.17) is 0 Å². The second kappa shape index (κ2) is 6.50. The van der Waals surface area contributed by atoms with Crippen LogP contribution in [0.15, 0.2) is 84.9 Å². The van der Waals surface area contributed by atoms with Crippen molar-refractivity contribution >= 4 is 43.6 Å². The molecule has 0 N–H and O–H groups in total. The highest BCUT2D eigenvalue weighted by atomic mass is 15.0. The van der Waals surface area contributed by atoms with Crippen molar-refractivity contribution in [2.45, 2.75) is 26.9 Å². The predicted molar refractivity (Wildman–Crippen MR) is 129 cm³/mol. The number of hydrogen-bond acceptors (Lipinski definition) is 0. The van der Waals surface area contributed by atoms with Crippen LogP contribution in [0.1, 0.15) is 13.8 Å². The lowest BCUT2D eigenvalue weighted by molar-refractivity contribution is 0.827. The highest BCUT2D eigenvalue weighted by molar-refractivity contribution is 6.19. The van der Waals surface area contributed by atoms with Gasteiger partial charge in [-0.05, 0) is 37.6 Å². The molecule has 2 aromatic heterocycles. The van der Waals surface area contributed by atoms with E-state index in [1.165, 1.54) is 54.7 Å².